The van der Waals surface area contributed by atoms with Crippen molar-refractivity contribution in [3.63, 3.8) is 0 Å². The minimum Gasteiger partial charge on any atom is -0.355 e. The predicted molar refractivity (Wildman–Crippen MR) is 71.2 cm³/mol. The van der Waals surface area contributed by atoms with Gasteiger partial charge in [0, 0.05) is 31.4 Å². The van der Waals surface area contributed by atoms with E-state index in [9.17, 15) is 4.79 Å². The Morgan fingerprint density at radius 2 is 2.44 bits per heavy atom. The minimum absolute atomic E-state index is 0.131. The first-order chi connectivity index (χ1) is 8.84. The Hall–Kier alpha value is -1.42. The summed E-state index contributed by atoms with van der Waals surface area (Å²) in [6.45, 7) is 1.84. The van der Waals surface area contributed by atoms with Crippen LogP contribution < -0.4 is 10.6 Å². The van der Waals surface area contributed by atoms with Crippen molar-refractivity contribution >= 4 is 5.91 Å². The average molecular weight is 247 g/mol. The zero-order valence-electron chi connectivity index (χ0n) is 10.7. The number of piperidine rings is 1. The van der Waals surface area contributed by atoms with Crippen LogP contribution >= 0.6 is 0 Å². The summed E-state index contributed by atoms with van der Waals surface area (Å²) in [5.41, 5.74) is 1.11. The van der Waals surface area contributed by atoms with Gasteiger partial charge < -0.3 is 10.6 Å². The summed E-state index contributed by atoms with van der Waals surface area (Å²) in [4.78, 5) is 15.7. The summed E-state index contributed by atoms with van der Waals surface area (Å²) in [5, 5.41) is 6.42. The number of amides is 1. The first kappa shape index (κ1) is 13.0. The molecule has 2 heterocycles. The van der Waals surface area contributed by atoms with Crippen LogP contribution in [0.2, 0.25) is 0 Å². The molecule has 1 saturated heterocycles. The topological polar surface area (TPSA) is 54.0 Å². The molecule has 1 atom stereocenters. The van der Waals surface area contributed by atoms with Gasteiger partial charge in [0.1, 0.15) is 0 Å². The number of carbonyl (C=O) groups is 1. The Bertz CT molecular complexity index is 361. The molecule has 1 aromatic heterocycles. The normalized spacial score (nSPS) is 19.4. The molecule has 0 aromatic carbocycles. The third kappa shape index (κ3) is 4.45. The molecule has 2 rings (SSSR count). The molecule has 0 aliphatic carbocycles. The number of hydrogen-bond donors (Lipinski definition) is 2. The van der Waals surface area contributed by atoms with E-state index >= 15 is 0 Å². The maximum absolute atomic E-state index is 11.7. The molecule has 1 amide bonds. The maximum Gasteiger partial charge on any atom is 0.220 e. The summed E-state index contributed by atoms with van der Waals surface area (Å²) >= 11 is 0. The van der Waals surface area contributed by atoms with Crippen LogP contribution in [0.3, 0.4) is 0 Å². The quantitative estimate of drug-likeness (QED) is 0.824. The lowest BCUT2D eigenvalue weighted by Gasteiger charge is -2.23. The van der Waals surface area contributed by atoms with Crippen molar-refractivity contribution in [2.24, 2.45) is 0 Å². The zero-order chi connectivity index (χ0) is 12.6. The summed E-state index contributed by atoms with van der Waals surface area (Å²) < 4.78 is 0. The second-order valence-corrected chi connectivity index (χ2v) is 4.81. The van der Waals surface area contributed by atoms with E-state index in [4.69, 9.17) is 0 Å². The first-order valence-corrected chi connectivity index (χ1v) is 6.73. The fourth-order valence-electron chi connectivity index (χ4n) is 2.23. The monoisotopic (exact) mass is 247 g/mol. The number of aryl methyl sites for hydroxylation is 1. The van der Waals surface area contributed by atoms with Crippen LogP contribution in [-0.4, -0.2) is 30.0 Å². The predicted octanol–water partition coefficient (Wildman–Crippen LogP) is 1.27. The van der Waals surface area contributed by atoms with E-state index in [1.807, 2.05) is 18.3 Å². The van der Waals surface area contributed by atoms with Crippen LogP contribution in [0.15, 0.2) is 24.5 Å². The summed E-state index contributed by atoms with van der Waals surface area (Å²) in [6, 6.07) is 4.36. The third-order valence-corrected chi connectivity index (χ3v) is 3.32. The number of aromatic nitrogens is 1. The molecule has 0 saturated carbocycles. The van der Waals surface area contributed by atoms with E-state index in [1.165, 1.54) is 19.3 Å². The van der Waals surface area contributed by atoms with Gasteiger partial charge in [0.15, 0.2) is 0 Å². The molecular formula is C14H21N3O. The molecule has 1 unspecified atom stereocenters. The molecule has 1 aliphatic heterocycles. The Morgan fingerprint density at radius 1 is 1.50 bits per heavy atom. The molecule has 18 heavy (non-hydrogen) atoms. The molecule has 1 aromatic rings. The van der Waals surface area contributed by atoms with Crippen LogP contribution in [0.25, 0.3) is 0 Å². The molecule has 0 spiro atoms. The van der Waals surface area contributed by atoms with E-state index in [0.29, 0.717) is 12.5 Å². The van der Waals surface area contributed by atoms with Crippen molar-refractivity contribution in [3.05, 3.63) is 30.1 Å². The van der Waals surface area contributed by atoms with Crippen molar-refractivity contribution in [3.8, 4) is 0 Å². The van der Waals surface area contributed by atoms with Gasteiger partial charge in [-0.1, -0.05) is 12.5 Å². The van der Waals surface area contributed by atoms with Gasteiger partial charge in [0.05, 0.1) is 0 Å². The van der Waals surface area contributed by atoms with Gasteiger partial charge in [-0.05, 0) is 37.4 Å². The van der Waals surface area contributed by atoms with Crippen LogP contribution in [-0.2, 0) is 11.2 Å². The molecule has 2 N–H and O–H groups in total. The van der Waals surface area contributed by atoms with Crippen LogP contribution in [0.5, 0.6) is 0 Å². The summed E-state index contributed by atoms with van der Waals surface area (Å²) in [6.07, 6.45) is 8.56. The molecule has 0 radical (unpaired) electrons. The Labute approximate surface area is 108 Å². The molecular weight excluding hydrogens is 226 g/mol. The van der Waals surface area contributed by atoms with Crippen LogP contribution in [0, 0.1) is 0 Å². The lowest BCUT2D eigenvalue weighted by Crippen LogP contribution is -2.43. The smallest absolute Gasteiger partial charge is 0.220 e. The maximum atomic E-state index is 11.7. The number of carbonyl (C=O) groups excluding carboxylic acids is 1. The number of pyridine rings is 1. The highest BCUT2D eigenvalue weighted by molar-refractivity contribution is 5.76. The van der Waals surface area contributed by atoms with Crippen molar-refractivity contribution < 1.29 is 4.79 Å². The second-order valence-electron chi connectivity index (χ2n) is 4.81. The fraction of sp³-hybridized carbons (Fsp3) is 0.571. The van der Waals surface area contributed by atoms with Crippen molar-refractivity contribution in [2.75, 3.05) is 13.1 Å². The first-order valence-electron chi connectivity index (χ1n) is 6.73. The third-order valence-electron chi connectivity index (χ3n) is 3.32. The minimum atomic E-state index is 0.131. The highest BCUT2D eigenvalue weighted by Crippen LogP contribution is 2.06. The van der Waals surface area contributed by atoms with Gasteiger partial charge in [-0.2, -0.15) is 0 Å². The number of nitrogens with one attached hydrogen (secondary N) is 2. The Balaban J connectivity index is 1.63. The van der Waals surface area contributed by atoms with E-state index in [2.05, 4.69) is 15.6 Å². The average Bonchev–Trinajstić information content (AvgIpc) is 2.45. The van der Waals surface area contributed by atoms with Gasteiger partial charge in [0.25, 0.3) is 0 Å². The van der Waals surface area contributed by atoms with Gasteiger partial charge >= 0.3 is 0 Å². The highest BCUT2D eigenvalue weighted by atomic mass is 16.1. The molecule has 1 fully saturated rings. The zero-order valence-corrected chi connectivity index (χ0v) is 10.7. The van der Waals surface area contributed by atoms with Crippen LogP contribution in [0.4, 0.5) is 0 Å². The highest BCUT2D eigenvalue weighted by Gasteiger charge is 2.13. The fourth-order valence-corrected chi connectivity index (χ4v) is 2.23. The standard InChI is InChI=1S/C14H21N3O/c18-14(7-6-12-4-3-8-15-10-12)17-11-13-5-1-2-9-16-13/h3-4,8,10,13,16H,1-2,5-7,9,11H2,(H,17,18). The second kappa shape index (κ2) is 7.11. The van der Waals surface area contributed by atoms with Crippen molar-refractivity contribution in [1.82, 2.24) is 15.6 Å². The number of hydrogen-bond acceptors (Lipinski definition) is 3. The number of rotatable bonds is 5. The summed E-state index contributed by atoms with van der Waals surface area (Å²) in [5.74, 6) is 0.131. The molecule has 98 valence electrons. The van der Waals surface area contributed by atoms with Gasteiger partial charge in [-0.3, -0.25) is 9.78 Å². The summed E-state index contributed by atoms with van der Waals surface area (Å²) in [7, 11) is 0. The Kier molecular flexibility index (Phi) is 5.15. The lowest BCUT2D eigenvalue weighted by atomic mass is 10.1. The van der Waals surface area contributed by atoms with Crippen molar-refractivity contribution in [2.45, 2.75) is 38.1 Å². The van der Waals surface area contributed by atoms with E-state index in [1.54, 1.807) is 6.20 Å². The largest absolute Gasteiger partial charge is 0.355 e. The van der Waals surface area contributed by atoms with E-state index in [-0.39, 0.29) is 5.91 Å². The molecule has 1 aliphatic rings. The lowest BCUT2D eigenvalue weighted by molar-refractivity contribution is -0.121. The van der Waals surface area contributed by atoms with Crippen LogP contribution in [0.1, 0.15) is 31.2 Å². The van der Waals surface area contributed by atoms with E-state index in [0.717, 1.165) is 25.1 Å². The van der Waals surface area contributed by atoms with Gasteiger partial charge in [-0.25, -0.2) is 0 Å². The number of nitrogens with zero attached hydrogens (tertiary/aromatic N) is 1. The van der Waals surface area contributed by atoms with Gasteiger partial charge in [-0.15, -0.1) is 0 Å². The van der Waals surface area contributed by atoms with Crippen molar-refractivity contribution in [1.29, 1.82) is 0 Å². The molecule has 4 heteroatoms. The SMILES string of the molecule is O=C(CCc1cccnc1)NCC1CCCCN1. The molecule has 4 nitrogen and oxygen atoms in total. The molecule has 0 bridgehead atoms. The van der Waals surface area contributed by atoms with Gasteiger partial charge in [0.2, 0.25) is 5.91 Å². The Morgan fingerprint density at radius 3 is 3.17 bits per heavy atom. The van der Waals surface area contributed by atoms with E-state index < -0.39 is 0 Å².